The standard InChI is InChI=1S/C15H24N4O2S/c1-4-13(20)17(5-2)11-14(21)18-6-8-19(9-7-18)15-16-10-12(3)22-15/h4,12H,1,5-11H2,2-3H3. The maximum Gasteiger partial charge on any atom is 0.246 e. The van der Waals surface area contributed by atoms with E-state index in [0.29, 0.717) is 24.9 Å². The number of carbonyl (C=O) groups excluding carboxylic acids is 2. The van der Waals surface area contributed by atoms with Crippen molar-refractivity contribution >= 4 is 28.7 Å². The fourth-order valence-electron chi connectivity index (χ4n) is 2.52. The van der Waals surface area contributed by atoms with E-state index < -0.39 is 0 Å². The van der Waals surface area contributed by atoms with Crippen LogP contribution in [0.3, 0.4) is 0 Å². The molecule has 1 atom stereocenters. The van der Waals surface area contributed by atoms with Crippen LogP contribution in [0.4, 0.5) is 0 Å². The summed E-state index contributed by atoms with van der Waals surface area (Å²) in [6, 6.07) is 0. The third-order valence-corrected chi connectivity index (χ3v) is 5.04. The molecule has 0 aliphatic carbocycles. The lowest BCUT2D eigenvalue weighted by Gasteiger charge is -2.36. The normalized spacial score (nSPS) is 21.5. The van der Waals surface area contributed by atoms with Gasteiger partial charge in [0, 0.05) is 38.0 Å². The summed E-state index contributed by atoms with van der Waals surface area (Å²) in [4.78, 5) is 34.1. The largest absolute Gasteiger partial charge is 0.348 e. The average Bonchev–Trinajstić information content (AvgIpc) is 2.98. The first-order valence-electron chi connectivity index (χ1n) is 7.70. The second-order valence-corrected chi connectivity index (χ2v) is 6.88. The van der Waals surface area contributed by atoms with Crippen LogP contribution in [0.15, 0.2) is 17.6 Å². The van der Waals surface area contributed by atoms with Gasteiger partial charge in [-0.3, -0.25) is 14.6 Å². The summed E-state index contributed by atoms with van der Waals surface area (Å²) in [5.41, 5.74) is 0. The summed E-state index contributed by atoms with van der Waals surface area (Å²) in [5.74, 6) is -0.189. The fourth-order valence-corrected chi connectivity index (χ4v) is 3.51. The molecule has 22 heavy (non-hydrogen) atoms. The Hall–Kier alpha value is -1.50. The van der Waals surface area contributed by atoms with Crippen molar-refractivity contribution in [1.82, 2.24) is 14.7 Å². The van der Waals surface area contributed by atoms with Crippen LogP contribution in [-0.4, -0.2) is 82.7 Å². The molecular formula is C15H24N4O2S. The van der Waals surface area contributed by atoms with E-state index in [1.165, 1.54) is 11.0 Å². The monoisotopic (exact) mass is 324 g/mol. The molecule has 2 heterocycles. The van der Waals surface area contributed by atoms with Crippen LogP contribution in [0, 0.1) is 0 Å². The van der Waals surface area contributed by atoms with Crippen molar-refractivity contribution in [2.45, 2.75) is 19.1 Å². The zero-order valence-corrected chi connectivity index (χ0v) is 14.1. The molecule has 2 amide bonds. The predicted octanol–water partition coefficient (Wildman–Crippen LogP) is 0.656. The van der Waals surface area contributed by atoms with Gasteiger partial charge in [0.15, 0.2) is 5.17 Å². The number of hydrogen-bond donors (Lipinski definition) is 0. The van der Waals surface area contributed by atoms with Gasteiger partial charge in [0.1, 0.15) is 0 Å². The van der Waals surface area contributed by atoms with Crippen molar-refractivity contribution in [2.24, 2.45) is 4.99 Å². The summed E-state index contributed by atoms with van der Waals surface area (Å²) in [6.45, 7) is 12.0. The molecule has 6 nitrogen and oxygen atoms in total. The van der Waals surface area contributed by atoms with Gasteiger partial charge in [-0.05, 0) is 13.0 Å². The zero-order valence-electron chi connectivity index (χ0n) is 13.3. The minimum Gasteiger partial charge on any atom is -0.348 e. The number of amides is 2. The molecule has 0 aromatic carbocycles. The third kappa shape index (κ3) is 4.03. The second kappa shape index (κ2) is 7.67. The van der Waals surface area contributed by atoms with Gasteiger partial charge in [-0.1, -0.05) is 25.3 Å². The van der Waals surface area contributed by atoms with Crippen molar-refractivity contribution in [2.75, 3.05) is 45.8 Å². The number of rotatable bonds is 4. The summed E-state index contributed by atoms with van der Waals surface area (Å²) in [7, 11) is 0. The third-order valence-electron chi connectivity index (χ3n) is 3.89. The van der Waals surface area contributed by atoms with Crippen molar-refractivity contribution < 1.29 is 9.59 Å². The zero-order chi connectivity index (χ0) is 16.1. The molecule has 7 heteroatoms. The number of amidine groups is 1. The topological polar surface area (TPSA) is 56.2 Å². The van der Waals surface area contributed by atoms with Crippen molar-refractivity contribution in [3.05, 3.63) is 12.7 Å². The molecule has 0 radical (unpaired) electrons. The van der Waals surface area contributed by atoms with Gasteiger partial charge in [0.25, 0.3) is 0 Å². The van der Waals surface area contributed by atoms with Crippen LogP contribution in [-0.2, 0) is 9.59 Å². The second-order valence-electron chi connectivity index (χ2n) is 5.48. The SMILES string of the molecule is C=CC(=O)N(CC)CC(=O)N1CCN(C2=NCC(C)S2)CC1. The molecule has 122 valence electrons. The molecular weight excluding hydrogens is 300 g/mol. The minimum atomic E-state index is -0.194. The number of aliphatic imine (C=N–C) groups is 1. The van der Waals surface area contributed by atoms with Crippen LogP contribution >= 0.6 is 11.8 Å². The lowest BCUT2D eigenvalue weighted by atomic mass is 10.3. The fraction of sp³-hybridized carbons (Fsp3) is 0.667. The van der Waals surface area contributed by atoms with Crippen molar-refractivity contribution in [1.29, 1.82) is 0 Å². The molecule has 0 aromatic heterocycles. The Kier molecular flexibility index (Phi) is 5.88. The molecule has 2 rings (SSSR count). The Balaban J connectivity index is 1.82. The first-order valence-corrected chi connectivity index (χ1v) is 8.58. The van der Waals surface area contributed by atoms with Gasteiger partial charge < -0.3 is 14.7 Å². The van der Waals surface area contributed by atoms with Gasteiger partial charge in [0.05, 0.1) is 13.1 Å². The van der Waals surface area contributed by atoms with Crippen molar-refractivity contribution in [3.63, 3.8) is 0 Å². The molecule has 0 spiro atoms. The molecule has 0 aromatic rings. The van der Waals surface area contributed by atoms with E-state index in [9.17, 15) is 9.59 Å². The smallest absolute Gasteiger partial charge is 0.246 e. The number of hydrogen-bond acceptors (Lipinski definition) is 5. The van der Waals surface area contributed by atoms with Crippen LogP contribution < -0.4 is 0 Å². The summed E-state index contributed by atoms with van der Waals surface area (Å²) in [5, 5.41) is 1.66. The van der Waals surface area contributed by atoms with E-state index in [0.717, 1.165) is 24.8 Å². The van der Waals surface area contributed by atoms with Gasteiger partial charge in [-0.2, -0.15) is 0 Å². The first-order chi connectivity index (χ1) is 10.5. The van der Waals surface area contributed by atoms with Crippen LogP contribution in [0.5, 0.6) is 0 Å². The quantitative estimate of drug-likeness (QED) is 0.713. The summed E-state index contributed by atoms with van der Waals surface area (Å²) >= 11 is 1.81. The molecule has 2 aliphatic rings. The van der Waals surface area contributed by atoms with E-state index in [1.807, 2.05) is 23.6 Å². The van der Waals surface area contributed by atoms with Gasteiger partial charge in [0.2, 0.25) is 11.8 Å². The maximum absolute atomic E-state index is 12.3. The molecule has 1 saturated heterocycles. The van der Waals surface area contributed by atoms with Gasteiger partial charge >= 0.3 is 0 Å². The summed E-state index contributed by atoms with van der Waals surface area (Å²) in [6.07, 6.45) is 1.26. The van der Waals surface area contributed by atoms with E-state index in [1.54, 1.807) is 0 Å². The Morgan fingerprint density at radius 1 is 1.41 bits per heavy atom. The van der Waals surface area contributed by atoms with Gasteiger partial charge in [-0.15, -0.1) is 0 Å². The number of carbonyl (C=O) groups is 2. The van der Waals surface area contributed by atoms with Crippen molar-refractivity contribution in [3.8, 4) is 0 Å². The Labute approximate surface area is 136 Å². The predicted molar refractivity (Wildman–Crippen MR) is 90.0 cm³/mol. The van der Waals surface area contributed by atoms with Gasteiger partial charge in [-0.25, -0.2) is 0 Å². The highest BCUT2D eigenvalue weighted by molar-refractivity contribution is 8.14. The number of thioether (sulfide) groups is 1. The Morgan fingerprint density at radius 3 is 2.59 bits per heavy atom. The lowest BCUT2D eigenvalue weighted by molar-refractivity contribution is -0.138. The Bertz CT molecular complexity index is 472. The van der Waals surface area contributed by atoms with E-state index in [-0.39, 0.29) is 18.4 Å². The first kappa shape index (κ1) is 16.9. The minimum absolute atomic E-state index is 0.00563. The Morgan fingerprint density at radius 2 is 2.09 bits per heavy atom. The van der Waals surface area contributed by atoms with E-state index in [2.05, 4.69) is 23.4 Å². The summed E-state index contributed by atoms with van der Waals surface area (Å²) < 4.78 is 0. The highest BCUT2D eigenvalue weighted by atomic mass is 32.2. The highest BCUT2D eigenvalue weighted by Crippen LogP contribution is 2.23. The lowest BCUT2D eigenvalue weighted by Crippen LogP contribution is -2.52. The molecule has 1 fully saturated rings. The maximum atomic E-state index is 12.3. The number of likely N-dealkylation sites (N-methyl/N-ethyl adjacent to an activating group) is 1. The molecule has 0 bridgehead atoms. The van der Waals surface area contributed by atoms with E-state index in [4.69, 9.17) is 0 Å². The highest BCUT2D eigenvalue weighted by Gasteiger charge is 2.27. The van der Waals surface area contributed by atoms with Crippen LogP contribution in [0.2, 0.25) is 0 Å². The number of nitrogens with zero attached hydrogens (tertiary/aromatic N) is 4. The number of piperazine rings is 1. The van der Waals surface area contributed by atoms with Crippen LogP contribution in [0.1, 0.15) is 13.8 Å². The van der Waals surface area contributed by atoms with E-state index >= 15 is 0 Å². The molecule has 1 unspecified atom stereocenters. The molecule has 0 N–H and O–H groups in total. The average molecular weight is 324 g/mol. The molecule has 2 aliphatic heterocycles. The van der Waals surface area contributed by atoms with Crippen LogP contribution in [0.25, 0.3) is 0 Å². The molecule has 0 saturated carbocycles.